The average molecular weight is 461 g/mol. The van der Waals surface area contributed by atoms with E-state index in [1.54, 1.807) is 37.4 Å². The van der Waals surface area contributed by atoms with E-state index in [0.717, 1.165) is 16.8 Å². The summed E-state index contributed by atoms with van der Waals surface area (Å²) in [6.45, 7) is 5.64. The molecule has 0 unspecified atom stereocenters. The number of likely N-dealkylation sites (N-methyl/N-ethyl adjacent to an activating group) is 1. The fourth-order valence-electron chi connectivity index (χ4n) is 3.18. The second-order valence-electron chi connectivity index (χ2n) is 7.94. The number of furan rings is 1. The van der Waals surface area contributed by atoms with Crippen LogP contribution >= 0.6 is 11.8 Å². The lowest BCUT2D eigenvalue weighted by Gasteiger charge is -2.08. The molecule has 0 saturated carbocycles. The van der Waals surface area contributed by atoms with Gasteiger partial charge in [0.05, 0.1) is 22.3 Å². The molecule has 0 N–H and O–H groups in total. The fourth-order valence-corrected chi connectivity index (χ4v) is 4.14. The minimum Gasteiger partial charge on any atom is -0.459 e. The van der Waals surface area contributed by atoms with Crippen LogP contribution in [0.4, 0.5) is 5.69 Å². The van der Waals surface area contributed by atoms with Crippen LogP contribution in [-0.2, 0) is 9.53 Å². The molecule has 4 rings (SSSR count). The predicted molar refractivity (Wildman–Crippen MR) is 131 cm³/mol. The smallest absolute Gasteiger partial charge is 0.338 e. The predicted octanol–water partition coefficient (Wildman–Crippen LogP) is 6.05. The Bertz CT molecular complexity index is 1260. The zero-order chi connectivity index (χ0) is 23.5. The summed E-state index contributed by atoms with van der Waals surface area (Å²) >= 11 is 1.30. The Kier molecular flexibility index (Phi) is 6.51. The number of nitrogens with zero attached hydrogens (tertiary/aromatic N) is 2. The summed E-state index contributed by atoms with van der Waals surface area (Å²) in [6.07, 6.45) is 1.52. The van der Waals surface area contributed by atoms with Crippen molar-refractivity contribution in [3.8, 4) is 11.3 Å². The highest BCUT2D eigenvalue weighted by Gasteiger charge is 2.30. The number of rotatable bonds is 5. The second kappa shape index (κ2) is 9.50. The van der Waals surface area contributed by atoms with E-state index in [0.29, 0.717) is 27.2 Å². The number of ether oxygens (including phenoxy) is 1. The number of thioether (sulfide) groups is 1. The van der Waals surface area contributed by atoms with Crippen molar-refractivity contribution in [3.05, 3.63) is 82.5 Å². The van der Waals surface area contributed by atoms with Crippen molar-refractivity contribution < 1.29 is 18.7 Å². The van der Waals surface area contributed by atoms with E-state index in [1.807, 2.05) is 57.2 Å². The summed E-state index contributed by atoms with van der Waals surface area (Å²) < 4.78 is 11.2. The molecular weight excluding hydrogens is 436 g/mol. The van der Waals surface area contributed by atoms with Crippen molar-refractivity contribution in [1.29, 1.82) is 0 Å². The van der Waals surface area contributed by atoms with Gasteiger partial charge in [-0.25, -0.2) is 9.79 Å². The first-order chi connectivity index (χ1) is 15.8. The summed E-state index contributed by atoms with van der Waals surface area (Å²) in [5.41, 5.74) is 3.15. The number of hydrogen-bond acceptors (Lipinski definition) is 6. The van der Waals surface area contributed by atoms with Gasteiger partial charge in [0, 0.05) is 18.7 Å². The number of amides is 1. The number of hydrogen-bond donors (Lipinski definition) is 0. The molecule has 0 spiro atoms. The standard InChI is InChI=1S/C26H24N2O4S/c1-16(2)31-25(30)19-7-5-6-18(14-19)22-13-12-21(32-22)15-23-24(29)28(4)26(33-23)27-20-10-8-17(3)9-11-20/h5-16H,1-4H3/b23-15+,27-26?. The van der Waals surface area contributed by atoms with Gasteiger partial charge in [-0.3, -0.25) is 9.69 Å². The van der Waals surface area contributed by atoms with Crippen LogP contribution in [0.5, 0.6) is 0 Å². The Morgan fingerprint density at radius 3 is 2.61 bits per heavy atom. The monoisotopic (exact) mass is 460 g/mol. The lowest BCUT2D eigenvalue weighted by atomic mass is 10.1. The summed E-state index contributed by atoms with van der Waals surface area (Å²) in [5, 5.41) is 0.609. The molecule has 0 radical (unpaired) electrons. The zero-order valence-electron chi connectivity index (χ0n) is 18.9. The molecule has 1 aliphatic rings. The van der Waals surface area contributed by atoms with Gasteiger partial charge in [-0.15, -0.1) is 0 Å². The van der Waals surface area contributed by atoms with Crippen LogP contribution in [0.3, 0.4) is 0 Å². The normalized spacial score (nSPS) is 16.3. The molecule has 3 aromatic rings. The quantitative estimate of drug-likeness (QED) is 0.342. The Labute approximate surface area is 197 Å². The summed E-state index contributed by atoms with van der Waals surface area (Å²) in [7, 11) is 1.71. The molecule has 0 bridgehead atoms. The molecule has 1 aliphatic heterocycles. The number of aryl methyl sites for hydroxylation is 1. The van der Waals surface area contributed by atoms with Gasteiger partial charge in [0.25, 0.3) is 5.91 Å². The van der Waals surface area contributed by atoms with Crippen molar-refractivity contribution in [2.24, 2.45) is 4.99 Å². The van der Waals surface area contributed by atoms with Gasteiger partial charge in [0.1, 0.15) is 11.5 Å². The molecule has 0 aliphatic carbocycles. The van der Waals surface area contributed by atoms with Gasteiger partial charge in [-0.05, 0) is 68.9 Å². The largest absolute Gasteiger partial charge is 0.459 e. The first-order valence-electron chi connectivity index (χ1n) is 10.5. The number of benzene rings is 2. The topological polar surface area (TPSA) is 72.1 Å². The molecule has 0 atom stereocenters. The van der Waals surface area contributed by atoms with Crippen LogP contribution in [0.1, 0.15) is 35.5 Å². The van der Waals surface area contributed by atoms with Gasteiger partial charge in [0.15, 0.2) is 5.17 Å². The third kappa shape index (κ3) is 5.26. The van der Waals surface area contributed by atoms with Gasteiger partial charge >= 0.3 is 5.97 Å². The van der Waals surface area contributed by atoms with Crippen molar-refractivity contribution >= 4 is 40.6 Å². The molecule has 33 heavy (non-hydrogen) atoms. The maximum atomic E-state index is 12.7. The number of aliphatic imine (C=N–C) groups is 1. The first kappa shape index (κ1) is 22.6. The van der Waals surface area contributed by atoms with Crippen LogP contribution < -0.4 is 0 Å². The Balaban J connectivity index is 1.54. The maximum Gasteiger partial charge on any atom is 0.338 e. The molecule has 2 aromatic carbocycles. The number of carbonyl (C=O) groups is 2. The SMILES string of the molecule is Cc1ccc(N=C2S/C(=C/c3ccc(-c4cccc(C(=O)OC(C)C)c4)o3)C(=O)N2C)cc1. The van der Waals surface area contributed by atoms with Crippen molar-refractivity contribution in [3.63, 3.8) is 0 Å². The molecule has 2 heterocycles. The van der Waals surface area contributed by atoms with E-state index >= 15 is 0 Å². The first-order valence-corrected chi connectivity index (χ1v) is 11.4. The van der Waals surface area contributed by atoms with Crippen molar-refractivity contribution in [2.45, 2.75) is 26.9 Å². The summed E-state index contributed by atoms with van der Waals surface area (Å²) in [4.78, 5) is 31.6. The van der Waals surface area contributed by atoms with Crippen LogP contribution in [0.15, 0.2) is 75.0 Å². The van der Waals surface area contributed by atoms with Gasteiger partial charge in [0.2, 0.25) is 0 Å². The molecule has 7 heteroatoms. The van der Waals surface area contributed by atoms with Crippen LogP contribution in [0.25, 0.3) is 17.4 Å². The molecule has 1 fully saturated rings. The third-order valence-electron chi connectivity index (χ3n) is 4.89. The van der Waals surface area contributed by atoms with E-state index in [2.05, 4.69) is 4.99 Å². The summed E-state index contributed by atoms with van der Waals surface area (Å²) in [6, 6.07) is 18.5. The molecule has 1 amide bonds. The van der Waals surface area contributed by atoms with Crippen molar-refractivity contribution in [1.82, 2.24) is 4.90 Å². The maximum absolute atomic E-state index is 12.7. The van der Waals surface area contributed by atoms with Crippen LogP contribution in [-0.4, -0.2) is 35.1 Å². The van der Waals surface area contributed by atoms with E-state index in [9.17, 15) is 9.59 Å². The molecule has 1 aromatic heterocycles. The van der Waals surface area contributed by atoms with E-state index in [-0.39, 0.29) is 18.0 Å². The second-order valence-corrected chi connectivity index (χ2v) is 8.95. The van der Waals surface area contributed by atoms with Crippen LogP contribution in [0.2, 0.25) is 0 Å². The van der Waals surface area contributed by atoms with Gasteiger partial charge < -0.3 is 9.15 Å². The highest BCUT2D eigenvalue weighted by Crippen LogP contribution is 2.34. The minimum absolute atomic E-state index is 0.137. The zero-order valence-corrected chi connectivity index (χ0v) is 19.7. The van der Waals surface area contributed by atoms with Crippen LogP contribution in [0, 0.1) is 6.92 Å². The number of esters is 1. The lowest BCUT2D eigenvalue weighted by Crippen LogP contribution is -2.23. The third-order valence-corrected chi connectivity index (χ3v) is 5.95. The van der Waals surface area contributed by atoms with Gasteiger partial charge in [-0.2, -0.15) is 0 Å². The molecular formula is C26H24N2O4S. The van der Waals surface area contributed by atoms with E-state index < -0.39 is 0 Å². The Hall–Kier alpha value is -3.58. The number of carbonyl (C=O) groups excluding carboxylic acids is 2. The highest BCUT2D eigenvalue weighted by molar-refractivity contribution is 8.18. The Morgan fingerprint density at radius 2 is 1.88 bits per heavy atom. The lowest BCUT2D eigenvalue weighted by molar-refractivity contribution is -0.121. The number of amidine groups is 1. The van der Waals surface area contributed by atoms with E-state index in [4.69, 9.17) is 9.15 Å². The fraction of sp³-hybridized carbons (Fsp3) is 0.192. The minimum atomic E-state index is -0.378. The molecule has 168 valence electrons. The average Bonchev–Trinajstić information content (AvgIpc) is 3.36. The summed E-state index contributed by atoms with van der Waals surface area (Å²) in [5.74, 6) is 0.624. The highest BCUT2D eigenvalue weighted by atomic mass is 32.2. The van der Waals surface area contributed by atoms with E-state index in [1.165, 1.54) is 16.7 Å². The Morgan fingerprint density at radius 1 is 1.12 bits per heavy atom. The van der Waals surface area contributed by atoms with Crippen molar-refractivity contribution in [2.75, 3.05) is 7.05 Å². The van der Waals surface area contributed by atoms with Gasteiger partial charge in [-0.1, -0.05) is 29.8 Å². The molecule has 6 nitrogen and oxygen atoms in total. The molecule has 1 saturated heterocycles.